The van der Waals surface area contributed by atoms with E-state index in [-0.39, 0.29) is 29.6 Å². The fourth-order valence-electron chi connectivity index (χ4n) is 3.09. The van der Waals surface area contributed by atoms with E-state index in [0.29, 0.717) is 16.4 Å². The number of aryl methyl sites for hydroxylation is 1. The fraction of sp³-hybridized carbons (Fsp3) is 0.227. The molecule has 3 rings (SSSR count). The van der Waals surface area contributed by atoms with Crippen LogP contribution in [0.15, 0.2) is 65.8 Å². The Morgan fingerprint density at radius 1 is 1.09 bits per heavy atom. The van der Waals surface area contributed by atoms with Gasteiger partial charge < -0.3 is 9.88 Å². The van der Waals surface area contributed by atoms with Gasteiger partial charge in [0.05, 0.1) is 4.90 Å². The van der Waals surface area contributed by atoms with E-state index in [0.717, 1.165) is 5.56 Å². The minimum Gasteiger partial charge on any atom is -0.342 e. The number of amides is 1. The van der Waals surface area contributed by atoms with Gasteiger partial charge in [-0.05, 0) is 36.8 Å². The van der Waals surface area contributed by atoms with Crippen molar-refractivity contribution in [3.8, 4) is 0 Å². The summed E-state index contributed by atoms with van der Waals surface area (Å²) in [5.41, 5.74) is 1.22. The molecule has 2 N–H and O–H groups in total. The molecule has 0 aliphatic carbocycles. The zero-order valence-electron chi connectivity index (χ0n) is 17.6. The van der Waals surface area contributed by atoms with E-state index in [1.54, 1.807) is 41.2 Å². The smallest absolute Gasteiger partial charge is 0.240 e. The molecule has 8 nitrogen and oxygen atoms in total. The molecule has 1 heterocycles. The Kier molecular flexibility index (Phi) is 7.44. The fourth-order valence-corrected chi connectivity index (χ4v) is 4.25. The predicted molar refractivity (Wildman–Crippen MR) is 121 cm³/mol. The van der Waals surface area contributed by atoms with E-state index < -0.39 is 16.1 Å². The van der Waals surface area contributed by atoms with E-state index in [4.69, 9.17) is 11.6 Å². The summed E-state index contributed by atoms with van der Waals surface area (Å²) in [5.74, 6) is 0.135. The van der Waals surface area contributed by atoms with Crippen molar-refractivity contribution >= 4 is 33.3 Å². The minimum absolute atomic E-state index is 0.0231. The molecule has 0 bridgehead atoms. The van der Waals surface area contributed by atoms with Gasteiger partial charge in [0.15, 0.2) is 5.78 Å². The summed E-state index contributed by atoms with van der Waals surface area (Å²) in [6.07, 6.45) is 3.34. The lowest BCUT2D eigenvalue weighted by atomic mass is 10.1. The van der Waals surface area contributed by atoms with E-state index in [2.05, 4.69) is 15.0 Å². The molecule has 1 atom stereocenters. The van der Waals surface area contributed by atoms with Gasteiger partial charge in [-0.25, -0.2) is 18.1 Å². The molecule has 3 aromatic rings. The number of rotatable bonds is 9. The van der Waals surface area contributed by atoms with E-state index >= 15 is 0 Å². The number of benzene rings is 2. The second kappa shape index (κ2) is 10.1. The summed E-state index contributed by atoms with van der Waals surface area (Å²) in [4.78, 5) is 28.3. The lowest BCUT2D eigenvalue weighted by molar-refractivity contribution is -0.121. The van der Waals surface area contributed by atoms with Crippen LogP contribution in [0.5, 0.6) is 0 Å². The third-order valence-electron chi connectivity index (χ3n) is 4.84. The van der Waals surface area contributed by atoms with Gasteiger partial charge in [-0.2, -0.15) is 0 Å². The summed E-state index contributed by atoms with van der Waals surface area (Å²) in [6, 6.07) is 12.2. The number of hydrogen-bond acceptors (Lipinski definition) is 5. The molecule has 0 saturated heterocycles. The van der Waals surface area contributed by atoms with Gasteiger partial charge in [-0.1, -0.05) is 35.9 Å². The number of ketones is 1. The summed E-state index contributed by atoms with van der Waals surface area (Å²) >= 11 is 5.97. The van der Waals surface area contributed by atoms with Crippen molar-refractivity contribution in [1.82, 2.24) is 19.6 Å². The largest absolute Gasteiger partial charge is 0.342 e. The Hall–Kier alpha value is -3.01. The van der Waals surface area contributed by atoms with Crippen LogP contribution in [0.4, 0.5) is 0 Å². The Balaban J connectivity index is 1.64. The average Bonchev–Trinajstić information content (AvgIpc) is 3.18. The average molecular weight is 475 g/mol. The zero-order valence-corrected chi connectivity index (χ0v) is 19.2. The number of imidazole rings is 1. The molecule has 0 fully saturated rings. The number of nitrogens with one attached hydrogen (secondary N) is 2. The Morgan fingerprint density at radius 2 is 1.75 bits per heavy atom. The number of nitrogens with zero attached hydrogens (tertiary/aromatic N) is 2. The van der Waals surface area contributed by atoms with Crippen molar-refractivity contribution in [2.24, 2.45) is 7.05 Å². The zero-order chi connectivity index (χ0) is 23.3. The van der Waals surface area contributed by atoms with E-state index in [1.165, 1.54) is 31.2 Å². The molecule has 1 aromatic heterocycles. The first-order chi connectivity index (χ1) is 15.2. The number of sulfonamides is 1. The quantitative estimate of drug-likeness (QED) is 0.463. The van der Waals surface area contributed by atoms with Crippen LogP contribution in [0, 0.1) is 0 Å². The van der Waals surface area contributed by atoms with Gasteiger partial charge in [0, 0.05) is 43.0 Å². The number of carbonyl (C=O) groups is 2. The lowest BCUT2D eigenvalue weighted by Crippen LogP contribution is -2.34. The summed E-state index contributed by atoms with van der Waals surface area (Å²) in [5, 5.41) is 3.48. The molecular formula is C22H23ClN4O4S. The maximum Gasteiger partial charge on any atom is 0.240 e. The van der Waals surface area contributed by atoms with Crippen LogP contribution in [-0.2, 0) is 21.9 Å². The van der Waals surface area contributed by atoms with Crippen LogP contribution >= 0.6 is 11.6 Å². The van der Waals surface area contributed by atoms with Crippen LogP contribution in [0.2, 0.25) is 5.02 Å². The number of Topliss-reactive ketones (excluding diaryl/α,β-unsaturated/α-hetero) is 1. The third-order valence-corrected chi connectivity index (χ3v) is 6.57. The van der Waals surface area contributed by atoms with Gasteiger partial charge >= 0.3 is 0 Å². The molecule has 1 amide bonds. The Bertz CT molecular complexity index is 1210. The highest BCUT2D eigenvalue weighted by molar-refractivity contribution is 7.89. The topological polar surface area (TPSA) is 110 Å². The normalized spacial score (nSPS) is 12.3. The van der Waals surface area contributed by atoms with Gasteiger partial charge in [0.2, 0.25) is 15.9 Å². The maximum absolute atomic E-state index is 12.6. The van der Waals surface area contributed by atoms with Gasteiger partial charge in [0.1, 0.15) is 11.9 Å². The van der Waals surface area contributed by atoms with E-state index in [1.807, 2.05) is 7.05 Å². The standard InChI is InChI=1S/C22H23ClN4O4S/c1-15(28)16-5-9-19(10-6-16)32(30,31)25-12-11-20(29)26-21(22-24-13-14-27(22)2)17-3-7-18(23)8-4-17/h3-10,13-14,21,25H,11-12H2,1-2H3,(H,26,29)/t21-/m1/s1. The monoisotopic (exact) mass is 474 g/mol. The first kappa shape index (κ1) is 23.6. The van der Waals surface area contributed by atoms with Gasteiger partial charge in [-0.3, -0.25) is 9.59 Å². The highest BCUT2D eigenvalue weighted by Crippen LogP contribution is 2.22. The first-order valence-electron chi connectivity index (χ1n) is 9.80. The van der Waals surface area contributed by atoms with Crippen molar-refractivity contribution in [3.05, 3.63) is 82.9 Å². The second-order valence-electron chi connectivity index (χ2n) is 7.18. The SMILES string of the molecule is CC(=O)c1ccc(S(=O)(=O)NCCC(=O)N[C@H](c2ccc(Cl)cc2)c2nccn2C)cc1. The van der Waals surface area contributed by atoms with E-state index in [9.17, 15) is 18.0 Å². The van der Waals surface area contributed by atoms with Crippen molar-refractivity contribution in [2.75, 3.05) is 6.54 Å². The molecule has 0 unspecified atom stereocenters. The van der Waals surface area contributed by atoms with Gasteiger partial charge in [-0.15, -0.1) is 0 Å². The maximum atomic E-state index is 12.6. The molecule has 0 aliphatic rings. The summed E-state index contributed by atoms with van der Waals surface area (Å²) in [7, 11) is -1.98. The van der Waals surface area contributed by atoms with Crippen molar-refractivity contribution in [3.63, 3.8) is 0 Å². The number of aromatic nitrogens is 2. The first-order valence-corrected chi connectivity index (χ1v) is 11.7. The van der Waals surface area contributed by atoms with Crippen LogP contribution in [0.1, 0.15) is 41.1 Å². The minimum atomic E-state index is -3.81. The highest BCUT2D eigenvalue weighted by atomic mass is 35.5. The van der Waals surface area contributed by atoms with Crippen LogP contribution < -0.4 is 10.0 Å². The molecule has 0 saturated carbocycles. The summed E-state index contributed by atoms with van der Waals surface area (Å²) < 4.78 is 29.1. The van der Waals surface area contributed by atoms with Crippen LogP contribution in [0.3, 0.4) is 0 Å². The third kappa shape index (κ3) is 5.82. The van der Waals surface area contributed by atoms with Crippen molar-refractivity contribution in [1.29, 1.82) is 0 Å². The van der Waals surface area contributed by atoms with Crippen LogP contribution in [-0.4, -0.2) is 36.2 Å². The van der Waals surface area contributed by atoms with Crippen LogP contribution in [0.25, 0.3) is 0 Å². The molecule has 0 radical (unpaired) electrons. The second-order valence-corrected chi connectivity index (χ2v) is 9.38. The Morgan fingerprint density at radius 3 is 2.31 bits per heavy atom. The molecule has 0 spiro atoms. The number of carbonyl (C=O) groups excluding carboxylic acids is 2. The van der Waals surface area contributed by atoms with Crippen molar-refractivity contribution < 1.29 is 18.0 Å². The molecule has 32 heavy (non-hydrogen) atoms. The molecule has 0 aliphatic heterocycles. The predicted octanol–water partition coefficient (Wildman–Crippen LogP) is 2.85. The lowest BCUT2D eigenvalue weighted by Gasteiger charge is -2.19. The number of halogens is 1. The Labute approximate surface area is 191 Å². The molecular weight excluding hydrogens is 452 g/mol. The van der Waals surface area contributed by atoms with Gasteiger partial charge in [0.25, 0.3) is 0 Å². The molecule has 10 heteroatoms. The molecule has 2 aromatic carbocycles. The molecule has 168 valence electrons. The number of hydrogen-bond donors (Lipinski definition) is 2. The highest BCUT2D eigenvalue weighted by Gasteiger charge is 2.21. The summed E-state index contributed by atoms with van der Waals surface area (Å²) in [6.45, 7) is 1.32. The van der Waals surface area contributed by atoms with Crippen molar-refractivity contribution in [2.45, 2.75) is 24.3 Å².